The Morgan fingerprint density at radius 2 is 1.06 bits per heavy atom. The average molecular weight is 431 g/mol. The smallest absolute Gasteiger partial charge is 0.133 e. The van der Waals surface area contributed by atoms with Gasteiger partial charge in [-0.25, -0.2) is 8.78 Å². The largest absolute Gasteiger partial charge is 0.316 e. The van der Waals surface area contributed by atoms with Gasteiger partial charge in [0.25, 0.3) is 0 Å². The summed E-state index contributed by atoms with van der Waals surface area (Å²) in [6, 6.07) is 30.2. The maximum atomic E-state index is 13.5. The minimum Gasteiger partial charge on any atom is -0.316 e. The molecule has 0 spiro atoms. The summed E-state index contributed by atoms with van der Waals surface area (Å²) in [4.78, 5) is 0. The molecule has 0 amide bonds. The normalized spacial score (nSPS) is 10.4. The van der Waals surface area contributed by atoms with Crippen LogP contribution in [0.4, 0.5) is 8.78 Å². The van der Waals surface area contributed by atoms with E-state index in [4.69, 9.17) is 0 Å². The predicted molar refractivity (Wildman–Crippen MR) is 129 cm³/mol. The highest BCUT2D eigenvalue weighted by Gasteiger charge is 2.06. The molecule has 0 radical (unpaired) electrons. The van der Waals surface area contributed by atoms with E-state index in [0.717, 1.165) is 30.3 Å². The first-order valence-corrected chi connectivity index (χ1v) is 10.6. The summed E-state index contributed by atoms with van der Waals surface area (Å²) >= 11 is 0. The molecule has 0 fully saturated rings. The van der Waals surface area contributed by atoms with Gasteiger partial charge in [0, 0.05) is 24.7 Å². The van der Waals surface area contributed by atoms with Crippen molar-refractivity contribution >= 4 is 0 Å². The first-order valence-electron chi connectivity index (χ1n) is 10.6. The molecule has 0 bridgehead atoms. The van der Waals surface area contributed by atoms with E-state index >= 15 is 0 Å². The third kappa shape index (κ3) is 6.58. The van der Waals surface area contributed by atoms with Gasteiger partial charge in [-0.05, 0) is 54.0 Å². The summed E-state index contributed by atoms with van der Waals surface area (Å²) in [5.41, 5.74) is 6.16. The molecule has 164 valence electrons. The summed E-state index contributed by atoms with van der Waals surface area (Å²) in [7, 11) is 3.83. The molecule has 0 aliphatic carbocycles. The van der Waals surface area contributed by atoms with Gasteiger partial charge in [0.2, 0.25) is 0 Å². The molecule has 0 atom stereocenters. The summed E-state index contributed by atoms with van der Waals surface area (Å²) < 4.78 is 26.3. The molecule has 2 nitrogen and oxygen atoms in total. The monoisotopic (exact) mass is 430 g/mol. The summed E-state index contributed by atoms with van der Waals surface area (Å²) in [5, 5.41) is 6.18. The van der Waals surface area contributed by atoms with Crippen LogP contribution in [-0.4, -0.2) is 14.1 Å². The number of nitrogens with one attached hydrogen (secondary N) is 2. The number of halogens is 2. The fourth-order valence-electron chi connectivity index (χ4n) is 3.38. The van der Waals surface area contributed by atoms with Crippen LogP contribution >= 0.6 is 0 Å². The molecule has 0 aliphatic heterocycles. The van der Waals surface area contributed by atoms with E-state index in [2.05, 4.69) is 59.2 Å². The van der Waals surface area contributed by atoms with Crippen molar-refractivity contribution in [1.29, 1.82) is 0 Å². The third-order valence-electron chi connectivity index (χ3n) is 5.02. The molecule has 0 aliphatic rings. The maximum absolute atomic E-state index is 13.5. The first kappa shape index (κ1) is 23.3. The van der Waals surface area contributed by atoms with Gasteiger partial charge in [0.15, 0.2) is 0 Å². The van der Waals surface area contributed by atoms with Crippen molar-refractivity contribution in [2.45, 2.75) is 13.1 Å². The van der Waals surface area contributed by atoms with E-state index < -0.39 is 11.6 Å². The third-order valence-corrected chi connectivity index (χ3v) is 5.02. The second kappa shape index (κ2) is 11.9. The molecular weight excluding hydrogens is 402 g/mol. The first-order chi connectivity index (χ1) is 15.6. The molecule has 4 heteroatoms. The van der Waals surface area contributed by atoms with Crippen molar-refractivity contribution < 1.29 is 8.78 Å². The van der Waals surface area contributed by atoms with E-state index in [9.17, 15) is 8.78 Å². The lowest BCUT2D eigenvalue weighted by atomic mass is 10.0. The van der Waals surface area contributed by atoms with Gasteiger partial charge in [-0.3, -0.25) is 0 Å². The summed E-state index contributed by atoms with van der Waals surface area (Å²) in [6.45, 7) is 1.70. The predicted octanol–water partition coefficient (Wildman–Crippen LogP) is 6.42. The number of benzene rings is 4. The average Bonchev–Trinajstić information content (AvgIpc) is 2.82. The molecule has 0 heterocycles. The highest BCUT2D eigenvalue weighted by atomic mass is 19.1. The Morgan fingerprint density at radius 1 is 0.562 bits per heavy atom. The van der Waals surface area contributed by atoms with Crippen molar-refractivity contribution in [3.8, 4) is 22.3 Å². The Bertz CT molecular complexity index is 1090. The molecule has 32 heavy (non-hydrogen) atoms. The molecular formula is C28H28F2N2. The second-order valence-electron chi connectivity index (χ2n) is 7.44. The van der Waals surface area contributed by atoms with Gasteiger partial charge >= 0.3 is 0 Å². The molecule has 0 unspecified atom stereocenters. The fourth-order valence-corrected chi connectivity index (χ4v) is 3.38. The second-order valence-corrected chi connectivity index (χ2v) is 7.44. The Hall–Kier alpha value is -3.34. The Labute approximate surface area is 188 Å². The number of rotatable bonds is 6. The van der Waals surface area contributed by atoms with Crippen LogP contribution in [0.15, 0.2) is 97.1 Å². The van der Waals surface area contributed by atoms with E-state index in [1.807, 2.05) is 44.4 Å². The fraction of sp³-hybridized carbons (Fsp3) is 0.143. The van der Waals surface area contributed by atoms with Crippen molar-refractivity contribution in [3.63, 3.8) is 0 Å². The van der Waals surface area contributed by atoms with E-state index in [-0.39, 0.29) is 0 Å². The van der Waals surface area contributed by atoms with Gasteiger partial charge in [-0.15, -0.1) is 0 Å². The molecule has 4 aromatic rings. The quantitative estimate of drug-likeness (QED) is 0.369. The zero-order valence-corrected chi connectivity index (χ0v) is 18.4. The van der Waals surface area contributed by atoms with E-state index in [1.54, 1.807) is 0 Å². The minimum absolute atomic E-state index is 0.419. The van der Waals surface area contributed by atoms with Crippen LogP contribution < -0.4 is 10.6 Å². The Balaban J connectivity index is 0.000000182. The lowest BCUT2D eigenvalue weighted by Crippen LogP contribution is -2.04. The van der Waals surface area contributed by atoms with Gasteiger partial charge in [0.05, 0.1) is 0 Å². The van der Waals surface area contributed by atoms with E-state index in [1.165, 1.54) is 28.8 Å². The van der Waals surface area contributed by atoms with Crippen molar-refractivity contribution in [3.05, 3.63) is 120 Å². The molecule has 0 saturated carbocycles. The minimum atomic E-state index is -0.557. The van der Waals surface area contributed by atoms with Crippen LogP contribution in [0.2, 0.25) is 0 Å². The highest BCUT2D eigenvalue weighted by Crippen LogP contribution is 2.23. The highest BCUT2D eigenvalue weighted by molar-refractivity contribution is 5.64. The van der Waals surface area contributed by atoms with Crippen LogP contribution in [-0.2, 0) is 13.1 Å². The summed E-state index contributed by atoms with van der Waals surface area (Å²) in [6.07, 6.45) is 0. The van der Waals surface area contributed by atoms with Crippen molar-refractivity contribution in [2.75, 3.05) is 14.1 Å². The van der Waals surface area contributed by atoms with Crippen LogP contribution in [0, 0.1) is 11.6 Å². The van der Waals surface area contributed by atoms with Crippen LogP contribution in [0.3, 0.4) is 0 Å². The zero-order chi connectivity index (χ0) is 22.8. The van der Waals surface area contributed by atoms with Gasteiger partial charge in [-0.1, -0.05) is 78.9 Å². The van der Waals surface area contributed by atoms with E-state index in [0.29, 0.717) is 5.56 Å². The number of hydrogen-bond donors (Lipinski definition) is 2. The van der Waals surface area contributed by atoms with Crippen LogP contribution in [0.5, 0.6) is 0 Å². The SMILES string of the molecule is CNCc1ccc(-c2ccc(F)cc2F)cc1.CNCc1ccc(-c2ccccc2)cc1. The molecule has 0 aromatic heterocycles. The molecule has 0 saturated heterocycles. The van der Waals surface area contributed by atoms with Crippen LogP contribution in [0.1, 0.15) is 11.1 Å². The summed E-state index contributed by atoms with van der Waals surface area (Å²) in [5.74, 6) is -1.09. The Morgan fingerprint density at radius 3 is 1.56 bits per heavy atom. The lowest BCUT2D eigenvalue weighted by Gasteiger charge is -2.05. The van der Waals surface area contributed by atoms with Crippen molar-refractivity contribution in [1.82, 2.24) is 10.6 Å². The van der Waals surface area contributed by atoms with Gasteiger partial charge < -0.3 is 10.6 Å². The standard InChI is InChI=1S/C14H13F2N.C14H15N/c1-17-9-10-2-4-11(5-3-10)13-7-6-12(15)8-14(13)16;1-15-11-12-7-9-14(10-8-12)13-5-3-2-4-6-13/h2-8,17H,9H2,1H3;2-10,15H,11H2,1H3. The Kier molecular flexibility index (Phi) is 8.67. The van der Waals surface area contributed by atoms with Gasteiger partial charge in [-0.2, -0.15) is 0 Å². The molecule has 4 rings (SSSR count). The maximum Gasteiger partial charge on any atom is 0.133 e. The molecule has 4 aromatic carbocycles. The van der Waals surface area contributed by atoms with Gasteiger partial charge in [0.1, 0.15) is 11.6 Å². The zero-order valence-electron chi connectivity index (χ0n) is 18.4. The lowest BCUT2D eigenvalue weighted by molar-refractivity contribution is 0.585. The van der Waals surface area contributed by atoms with Crippen molar-refractivity contribution in [2.24, 2.45) is 0 Å². The van der Waals surface area contributed by atoms with Crippen LogP contribution in [0.25, 0.3) is 22.3 Å². The number of hydrogen-bond acceptors (Lipinski definition) is 2. The molecule has 2 N–H and O–H groups in total. The topological polar surface area (TPSA) is 24.1 Å².